The van der Waals surface area contributed by atoms with Crippen LogP contribution >= 0.6 is 11.3 Å². The standard InChI is InChI=1S/C17H20N2OS/c1-2-18-16(14-7-9-21-11-14)13-6-5-12-4-3-8-19-17(20)15(12)10-13/h5-7,9-11,16,18H,2-4,8H2,1H3,(H,19,20). The topological polar surface area (TPSA) is 41.1 Å². The molecular formula is C17H20N2OS. The number of nitrogens with one attached hydrogen (secondary N) is 2. The number of benzene rings is 1. The van der Waals surface area contributed by atoms with Crippen LogP contribution in [0.4, 0.5) is 0 Å². The Balaban J connectivity index is 1.99. The molecule has 4 heteroatoms. The number of hydrogen-bond acceptors (Lipinski definition) is 3. The van der Waals surface area contributed by atoms with Gasteiger partial charge in [-0.2, -0.15) is 11.3 Å². The monoisotopic (exact) mass is 300 g/mol. The second kappa shape index (κ2) is 6.41. The van der Waals surface area contributed by atoms with Crippen molar-refractivity contribution in [1.29, 1.82) is 0 Å². The molecule has 0 radical (unpaired) electrons. The second-order valence-electron chi connectivity index (χ2n) is 5.32. The van der Waals surface area contributed by atoms with Crippen LogP contribution in [0.5, 0.6) is 0 Å². The smallest absolute Gasteiger partial charge is 0.251 e. The van der Waals surface area contributed by atoms with Crippen molar-refractivity contribution in [2.75, 3.05) is 13.1 Å². The highest BCUT2D eigenvalue weighted by atomic mass is 32.1. The molecule has 0 spiro atoms. The van der Waals surface area contributed by atoms with Crippen LogP contribution < -0.4 is 10.6 Å². The Morgan fingerprint density at radius 2 is 2.24 bits per heavy atom. The summed E-state index contributed by atoms with van der Waals surface area (Å²) in [6, 6.07) is 8.63. The number of carbonyl (C=O) groups excluding carboxylic acids is 1. The molecule has 0 saturated carbocycles. The summed E-state index contributed by atoms with van der Waals surface area (Å²) in [6.07, 6.45) is 1.98. The molecule has 2 heterocycles. The molecule has 3 rings (SSSR count). The Hall–Kier alpha value is -1.65. The minimum Gasteiger partial charge on any atom is -0.352 e. The van der Waals surface area contributed by atoms with Gasteiger partial charge in [0.15, 0.2) is 0 Å². The SMILES string of the molecule is CCNC(c1ccsc1)c1ccc2c(c1)C(=O)NCCC2. The van der Waals surface area contributed by atoms with E-state index < -0.39 is 0 Å². The minimum atomic E-state index is 0.0601. The van der Waals surface area contributed by atoms with E-state index in [1.165, 1.54) is 5.56 Å². The number of amides is 1. The van der Waals surface area contributed by atoms with Gasteiger partial charge in [-0.15, -0.1) is 0 Å². The average Bonchev–Trinajstić information content (AvgIpc) is 2.96. The highest BCUT2D eigenvalue weighted by Crippen LogP contribution is 2.27. The molecule has 3 nitrogen and oxygen atoms in total. The van der Waals surface area contributed by atoms with Gasteiger partial charge in [0.1, 0.15) is 0 Å². The first-order chi connectivity index (χ1) is 10.3. The van der Waals surface area contributed by atoms with Crippen LogP contribution in [0.2, 0.25) is 0 Å². The van der Waals surface area contributed by atoms with Gasteiger partial charge >= 0.3 is 0 Å². The van der Waals surface area contributed by atoms with Gasteiger partial charge in [0.2, 0.25) is 0 Å². The lowest BCUT2D eigenvalue weighted by Crippen LogP contribution is -2.24. The van der Waals surface area contributed by atoms with Gasteiger partial charge in [0.25, 0.3) is 5.91 Å². The molecule has 0 bridgehead atoms. The van der Waals surface area contributed by atoms with Crippen molar-refractivity contribution in [3.05, 3.63) is 57.3 Å². The zero-order chi connectivity index (χ0) is 14.7. The van der Waals surface area contributed by atoms with Crippen LogP contribution in [0.1, 0.15) is 46.4 Å². The third kappa shape index (κ3) is 3.01. The summed E-state index contributed by atoms with van der Waals surface area (Å²) in [6.45, 7) is 3.77. The molecule has 1 atom stereocenters. The number of hydrogen-bond donors (Lipinski definition) is 2. The Morgan fingerprint density at radius 3 is 3.00 bits per heavy atom. The fourth-order valence-electron chi connectivity index (χ4n) is 2.85. The van der Waals surface area contributed by atoms with Gasteiger partial charge in [-0.05, 0) is 59.0 Å². The van der Waals surface area contributed by atoms with Gasteiger partial charge in [-0.1, -0.05) is 19.1 Å². The van der Waals surface area contributed by atoms with Gasteiger partial charge in [0, 0.05) is 12.1 Å². The fraction of sp³-hybridized carbons (Fsp3) is 0.353. The molecule has 0 fully saturated rings. The Morgan fingerprint density at radius 1 is 1.33 bits per heavy atom. The molecule has 1 aromatic heterocycles. The van der Waals surface area contributed by atoms with Gasteiger partial charge < -0.3 is 10.6 Å². The number of thiophene rings is 1. The van der Waals surface area contributed by atoms with Crippen LogP contribution in [-0.4, -0.2) is 19.0 Å². The normalized spacial score (nSPS) is 16.0. The second-order valence-corrected chi connectivity index (χ2v) is 6.10. The van der Waals surface area contributed by atoms with Crippen LogP contribution in [0.3, 0.4) is 0 Å². The maximum atomic E-state index is 12.2. The third-order valence-electron chi connectivity index (χ3n) is 3.91. The first-order valence-electron chi connectivity index (χ1n) is 7.46. The molecular weight excluding hydrogens is 280 g/mol. The van der Waals surface area contributed by atoms with E-state index in [-0.39, 0.29) is 11.9 Å². The third-order valence-corrected chi connectivity index (χ3v) is 4.61. The van der Waals surface area contributed by atoms with E-state index in [4.69, 9.17) is 0 Å². The average molecular weight is 300 g/mol. The number of carbonyl (C=O) groups is 1. The molecule has 2 aromatic rings. The van der Waals surface area contributed by atoms with Crippen molar-refractivity contribution < 1.29 is 4.79 Å². The van der Waals surface area contributed by atoms with Crippen LogP contribution in [0.25, 0.3) is 0 Å². The van der Waals surface area contributed by atoms with Crippen LogP contribution in [0.15, 0.2) is 35.0 Å². The molecule has 1 unspecified atom stereocenters. The van der Waals surface area contributed by atoms with E-state index in [9.17, 15) is 4.79 Å². The predicted octanol–water partition coefficient (Wildman–Crippen LogP) is 3.12. The van der Waals surface area contributed by atoms with Gasteiger partial charge in [-0.3, -0.25) is 4.79 Å². The summed E-state index contributed by atoms with van der Waals surface area (Å²) >= 11 is 1.70. The van der Waals surface area contributed by atoms with Crippen molar-refractivity contribution in [3.8, 4) is 0 Å². The number of aryl methyl sites for hydroxylation is 1. The highest BCUT2D eigenvalue weighted by molar-refractivity contribution is 7.08. The molecule has 21 heavy (non-hydrogen) atoms. The van der Waals surface area contributed by atoms with Crippen molar-refractivity contribution in [2.24, 2.45) is 0 Å². The molecule has 1 amide bonds. The first kappa shape index (κ1) is 14.3. The maximum absolute atomic E-state index is 12.2. The minimum absolute atomic E-state index is 0.0601. The van der Waals surface area contributed by atoms with Crippen molar-refractivity contribution in [1.82, 2.24) is 10.6 Å². The quantitative estimate of drug-likeness (QED) is 0.911. The summed E-state index contributed by atoms with van der Waals surface area (Å²) in [5.41, 5.74) is 4.42. The predicted molar refractivity (Wildman–Crippen MR) is 86.9 cm³/mol. The first-order valence-corrected chi connectivity index (χ1v) is 8.40. The summed E-state index contributed by atoms with van der Waals surface area (Å²) in [5, 5.41) is 10.7. The Bertz CT molecular complexity index is 622. The molecule has 0 saturated heterocycles. The molecule has 110 valence electrons. The zero-order valence-corrected chi connectivity index (χ0v) is 13.0. The zero-order valence-electron chi connectivity index (χ0n) is 12.2. The lowest BCUT2D eigenvalue weighted by Gasteiger charge is -2.19. The van der Waals surface area contributed by atoms with Crippen LogP contribution in [0, 0.1) is 0 Å². The van der Waals surface area contributed by atoms with Gasteiger partial charge in [-0.25, -0.2) is 0 Å². The summed E-state index contributed by atoms with van der Waals surface area (Å²) < 4.78 is 0. The van der Waals surface area contributed by atoms with Crippen molar-refractivity contribution in [2.45, 2.75) is 25.8 Å². The molecule has 1 aromatic carbocycles. The van der Waals surface area contributed by atoms with Crippen molar-refractivity contribution in [3.63, 3.8) is 0 Å². The summed E-state index contributed by atoms with van der Waals surface area (Å²) in [4.78, 5) is 12.2. The number of fused-ring (bicyclic) bond motifs is 1. The van der Waals surface area contributed by atoms with E-state index >= 15 is 0 Å². The summed E-state index contributed by atoms with van der Waals surface area (Å²) in [5.74, 6) is 0.0601. The Labute approximate surface area is 129 Å². The van der Waals surface area contributed by atoms with E-state index in [0.29, 0.717) is 0 Å². The molecule has 2 N–H and O–H groups in total. The Kier molecular flexibility index (Phi) is 4.36. The summed E-state index contributed by atoms with van der Waals surface area (Å²) in [7, 11) is 0. The molecule has 1 aliphatic rings. The lowest BCUT2D eigenvalue weighted by atomic mass is 9.95. The van der Waals surface area contributed by atoms with Gasteiger partial charge in [0.05, 0.1) is 6.04 Å². The van der Waals surface area contributed by atoms with Crippen LogP contribution in [-0.2, 0) is 6.42 Å². The number of rotatable bonds is 4. The van der Waals surface area contributed by atoms with Crippen molar-refractivity contribution >= 4 is 17.2 Å². The largest absolute Gasteiger partial charge is 0.352 e. The maximum Gasteiger partial charge on any atom is 0.251 e. The highest BCUT2D eigenvalue weighted by Gasteiger charge is 2.19. The lowest BCUT2D eigenvalue weighted by molar-refractivity contribution is 0.0956. The fourth-order valence-corrected chi connectivity index (χ4v) is 3.54. The molecule has 1 aliphatic heterocycles. The van der Waals surface area contributed by atoms with E-state index in [1.54, 1.807) is 11.3 Å². The molecule has 0 aliphatic carbocycles. The van der Waals surface area contributed by atoms with E-state index in [1.807, 2.05) is 0 Å². The van der Waals surface area contributed by atoms with E-state index in [0.717, 1.165) is 42.6 Å². The van der Waals surface area contributed by atoms with E-state index in [2.05, 4.69) is 52.6 Å².